The lowest BCUT2D eigenvalue weighted by Gasteiger charge is -2.27. The largest absolute Gasteiger partial charge is 0.392 e. The molecule has 1 heterocycles. The van der Waals surface area contributed by atoms with Crippen LogP contribution in [0, 0.1) is 5.82 Å². The van der Waals surface area contributed by atoms with Gasteiger partial charge >= 0.3 is 0 Å². The lowest BCUT2D eigenvalue weighted by atomic mass is 10.1. The minimum atomic E-state index is -0.217. The molecular formula is C17H21FN2O. The number of pyridine rings is 1. The summed E-state index contributed by atoms with van der Waals surface area (Å²) in [5, 5.41) is 9.36. The summed E-state index contributed by atoms with van der Waals surface area (Å²) < 4.78 is 13.9. The predicted molar refractivity (Wildman–Crippen MR) is 82.8 cm³/mol. The zero-order chi connectivity index (χ0) is 15.4. The summed E-state index contributed by atoms with van der Waals surface area (Å²) >= 11 is 0. The van der Waals surface area contributed by atoms with Crippen LogP contribution in [-0.2, 0) is 13.0 Å². The molecule has 1 N–H and O–H groups in total. The maximum absolute atomic E-state index is 13.9. The van der Waals surface area contributed by atoms with Crippen molar-refractivity contribution in [2.24, 2.45) is 0 Å². The van der Waals surface area contributed by atoms with Crippen LogP contribution in [0.2, 0.25) is 0 Å². The zero-order valence-corrected chi connectivity index (χ0v) is 12.7. The van der Waals surface area contributed by atoms with E-state index in [9.17, 15) is 9.50 Å². The van der Waals surface area contributed by atoms with Gasteiger partial charge in [0, 0.05) is 18.3 Å². The fourth-order valence-corrected chi connectivity index (χ4v) is 2.31. The van der Waals surface area contributed by atoms with E-state index in [4.69, 9.17) is 0 Å². The molecule has 1 unspecified atom stereocenters. The number of aryl methyl sites for hydroxylation is 1. The molecule has 0 bridgehead atoms. The van der Waals surface area contributed by atoms with E-state index in [0.29, 0.717) is 5.56 Å². The number of halogens is 1. The minimum absolute atomic E-state index is 0.0234. The summed E-state index contributed by atoms with van der Waals surface area (Å²) in [7, 11) is 1.89. The molecule has 0 aliphatic rings. The topological polar surface area (TPSA) is 36.4 Å². The Labute approximate surface area is 125 Å². The first-order chi connectivity index (χ1) is 10.1. The molecule has 0 fully saturated rings. The Bertz CT molecular complexity index is 593. The van der Waals surface area contributed by atoms with E-state index in [0.717, 1.165) is 23.5 Å². The second-order valence-corrected chi connectivity index (χ2v) is 5.14. The summed E-state index contributed by atoms with van der Waals surface area (Å²) in [5.41, 5.74) is 2.38. The van der Waals surface area contributed by atoms with Crippen molar-refractivity contribution in [1.82, 2.24) is 4.98 Å². The fourth-order valence-electron chi connectivity index (χ4n) is 2.31. The molecule has 0 aliphatic heterocycles. The standard InChI is InChI=1S/C17H21FN2O/c1-4-14-9-13(11-21)10-17(19-14)20(3)12(2)15-7-5-6-8-16(15)18/h5-10,12,21H,4,11H2,1-3H3. The average Bonchev–Trinajstić information content (AvgIpc) is 2.53. The van der Waals surface area contributed by atoms with Crippen molar-refractivity contribution in [3.8, 4) is 0 Å². The van der Waals surface area contributed by atoms with E-state index >= 15 is 0 Å². The normalized spacial score (nSPS) is 12.2. The molecule has 0 aliphatic carbocycles. The van der Waals surface area contributed by atoms with E-state index in [-0.39, 0.29) is 18.5 Å². The van der Waals surface area contributed by atoms with Crippen molar-refractivity contribution >= 4 is 5.82 Å². The third kappa shape index (κ3) is 3.39. The van der Waals surface area contributed by atoms with Gasteiger partial charge in [0.1, 0.15) is 11.6 Å². The highest BCUT2D eigenvalue weighted by Crippen LogP contribution is 2.26. The lowest BCUT2D eigenvalue weighted by Crippen LogP contribution is -2.24. The molecule has 0 spiro atoms. The van der Waals surface area contributed by atoms with Gasteiger partial charge in [-0.2, -0.15) is 0 Å². The van der Waals surface area contributed by atoms with Crippen LogP contribution in [0.25, 0.3) is 0 Å². The number of aliphatic hydroxyl groups excluding tert-OH is 1. The van der Waals surface area contributed by atoms with Gasteiger partial charge in [0.2, 0.25) is 0 Å². The highest BCUT2D eigenvalue weighted by atomic mass is 19.1. The van der Waals surface area contributed by atoms with Crippen molar-refractivity contribution in [1.29, 1.82) is 0 Å². The SMILES string of the molecule is CCc1cc(CO)cc(N(C)C(C)c2ccccc2F)n1. The third-order valence-electron chi connectivity index (χ3n) is 3.77. The van der Waals surface area contributed by atoms with Crippen LogP contribution in [0.15, 0.2) is 36.4 Å². The van der Waals surface area contributed by atoms with Gasteiger partial charge in [-0.3, -0.25) is 0 Å². The Morgan fingerprint density at radius 1 is 1.29 bits per heavy atom. The first-order valence-corrected chi connectivity index (χ1v) is 7.14. The van der Waals surface area contributed by atoms with Gasteiger partial charge < -0.3 is 10.0 Å². The molecule has 2 aromatic rings. The molecule has 0 amide bonds. The maximum atomic E-state index is 13.9. The average molecular weight is 288 g/mol. The molecule has 21 heavy (non-hydrogen) atoms. The highest BCUT2D eigenvalue weighted by molar-refractivity contribution is 5.45. The van der Waals surface area contributed by atoms with E-state index in [1.54, 1.807) is 12.1 Å². The fraction of sp³-hybridized carbons (Fsp3) is 0.353. The summed E-state index contributed by atoms with van der Waals surface area (Å²) in [6.45, 7) is 3.94. The van der Waals surface area contributed by atoms with Crippen LogP contribution in [0.5, 0.6) is 0 Å². The minimum Gasteiger partial charge on any atom is -0.392 e. The Kier molecular flexibility index (Phi) is 4.91. The lowest BCUT2D eigenvalue weighted by molar-refractivity contribution is 0.281. The second-order valence-electron chi connectivity index (χ2n) is 5.14. The van der Waals surface area contributed by atoms with Crippen molar-refractivity contribution in [3.63, 3.8) is 0 Å². The molecule has 1 aromatic carbocycles. The van der Waals surface area contributed by atoms with Gasteiger partial charge in [0.25, 0.3) is 0 Å². The molecule has 1 aromatic heterocycles. The van der Waals surface area contributed by atoms with Crippen LogP contribution in [0.4, 0.5) is 10.2 Å². The summed E-state index contributed by atoms with van der Waals surface area (Å²) in [5.74, 6) is 0.528. The summed E-state index contributed by atoms with van der Waals surface area (Å²) in [6.07, 6.45) is 0.794. The number of rotatable bonds is 5. The number of hydrogen-bond acceptors (Lipinski definition) is 3. The first-order valence-electron chi connectivity index (χ1n) is 7.14. The van der Waals surface area contributed by atoms with Crippen LogP contribution >= 0.6 is 0 Å². The van der Waals surface area contributed by atoms with E-state index in [2.05, 4.69) is 4.98 Å². The summed E-state index contributed by atoms with van der Waals surface area (Å²) in [6, 6.07) is 10.4. The van der Waals surface area contributed by atoms with Crippen molar-refractivity contribution in [3.05, 3.63) is 59.0 Å². The first kappa shape index (κ1) is 15.4. The predicted octanol–water partition coefficient (Wildman–Crippen LogP) is 3.47. The Hall–Kier alpha value is -1.94. The van der Waals surface area contributed by atoms with Crippen LogP contribution in [0.1, 0.15) is 36.7 Å². The number of hydrogen-bond donors (Lipinski definition) is 1. The molecule has 1 atom stereocenters. The Balaban J connectivity index is 2.35. The molecule has 0 saturated heterocycles. The van der Waals surface area contributed by atoms with Crippen LogP contribution < -0.4 is 4.90 Å². The molecule has 4 heteroatoms. The quantitative estimate of drug-likeness (QED) is 0.915. The summed E-state index contributed by atoms with van der Waals surface area (Å²) in [4.78, 5) is 6.50. The molecule has 0 saturated carbocycles. The molecule has 3 nitrogen and oxygen atoms in total. The van der Waals surface area contributed by atoms with Crippen molar-refractivity contribution in [2.75, 3.05) is 11.9 Å². The third-order valence-corrected chi connectivity index (χ3v) is 3.77. The number of nitrogens with zero attached hydrogens (tertiary/aromatic N) is 2. The van der Waals surface area contributed by atoms with Crippen LogP contribution in [0.3, 0.4) is 0 Å². The second kappa shape index (κ2) is 6.68. The van der Waals surface area contributed by atoms with Crippen molar-refractivity contribution in [2.45, 2.75) is 32.9 Å². The van der Waals surface area contributed by atoms with Gasteiger partial charge in [0.05, 0.1) is 12.6 Å². The highest BCUT2D eigenvalue weighted by Gasteiger charge is 2.17. The molecule has 112 valence electrons. The van der Waals surface area contributed by atoms with Gasteiger partial charge in [-0.1, -0.05) is 25.1 Å². The van der Waals surface area contributed by atoms with E-state index in [1.165, 1.54) is 6.07 Å². The maximum Gasteiger partial charge on any atom is 0.129 e. The number of aromatic nitrogens is 1. The molecule has 2 rings (SSSR count). The number of aliphatic hydroxyl groups is 1. The van der Waals surface area contributed by atoms with Gasteiger partial charge in [-0.25, -0.2) is 9.37 Å². The Morgan fingerprint density at radius 3 is 2.62 bits per heavy atom. The number of benzene rings is 1. The van der Waals surface area contributed by atoms with E-state index < -0.39 is 0 Å². The molecule has 0 radical (unpaired) electrons. The molecular weight excluding hydrogens is 267 g/mol. The van der Waals surface area contributed by atoms with Gasteiger partial charge in [-0.15, -0.1) is 0 Å². The van der Waals surface area contributed by atoms with Gasteiger partial charge in [0.15, 0.2) is 0 Å². The zero-order valence-electron chi connectivity index (χ0n) is 12.7. The van der Waals surface area contributed by atoms with Crippen LogP contribution in [-0.4, -0.2) is 17.1 Å². The monoisotopic (exact) mass is 288 g/mol. The Morgan fingerprint density at radius 2 is 2.00 bits per heavy atom. The van der Waals surface area contributed by atoms with Gasteiger partial charge in [-0.05, 0) is 37.1 Å². The van der Waals surface area contributed by atoms with Crippen molar-refractivity contribution < 1.29 is 9.50 Å². The smallest absolute Gasteiger partial charge is 0.129 e. The van der Waals surface area contributed by atoms with E-state index in [1.807, 2.05) is 44.0 Å². The number of anilines is 1.